The largest absolute Gasteiger partial charge is 0.373 e. The van der Waals surface area contributed by atoms with Crippen LogP contribution in [0.15, 0.2) is 0 Å². The molecule has 3 aliphatic rings. The van der Waals surface area contributed by atoms with Crippen LogP contribution >= 0.6 is 0 Å². The number of hydrogen-bond donors (Lipinski definition) is 1. The van der Waals surface area contributed by atoms with E-state index in [0.717, 1.165) is 58.9 Å². The monoisotopic (exact) mass is 338 g/mol. The predicted octanol–water partition coefficient (Wildman–Crippen LogP) is 0.382. The normalized spacial score (nSPS) is 33.1. The minimum Gasteiger partial charge on any atom is -0.373 e. The molecule has 3 aliphatic heterocycles. The number of rotatable bonds is 5. The lowest BCUT2D eigenvalue weighted by atomic mass is 10.1. The summed E-state index contributed by atoms with van der Waals surface area (Å²) in [5.41, 5.74) is 0. The van der Waals surface area contributed by atoms with Crippen LogP contribution in [-0.4, -0.2) is 97.8 Å². The lowest BCUT2D eigenvalue weighted by Gasteiger charge is -2.38. The second-order valence-corrected chi connectivity index (χ2v) is 7.69. The van der Waals surface area contributed by atoms with Gasteiger partial charge in [0, 0.05) is 64.8 Å². The number of nitrogens with one attached hydrogen (secondary N) is 1. The molecule has 6 heteroatoms. The first kappa shape index (κ1) is 18.1. The van der Waals surface area contributed by atoms with Crippen molar-refractivity contribution in [3.63, 3.8) is 0 Å². The number of nitrogens with zero attached hydrogens (tertiary/aromatic N) is 3. The molecule has 1 N–H and O–H groups in total. The highest BCUT2D eigenvalue weighted by Crippen LogP contribution is 2.21. The van der Waals surface area contributed by atoms with Gasteiger partial charge in [-0.2, -0.15) is 0 Å². The van der Waals surface area contributed by atoms with E-state index in [9.17, 15) is 4.79 Å². The number of ether oxygens (including phenoxy) is 1. The third-order valence-corrected chi connectivity index (χ3v) is 5.55. The molecule has 0 aliphatic carbocycles. The van der Waals surface area contributed by atoms with Crippen molar-refractivity contribution in [1.82, 2.24) is 20.0 Å². The van der Waals surface area contributed by atoms with E-state index in [-0.39, 0.29) is 0 Å². The molecule has 3 atom stereocenters. The molecule has 3 heterocycles. The summed E-state index contributed by atoms with van der Waals surface area (Å²) in [4.78, 5) is 19.5. The maximum Gasteiger partial charge on any atom is 0.223 e. The number of piperazine rings is 1. The maximum absolute atomic E-state index is 12.4. The molecule has 0 bridgehead atoms. The smallest absolute Gasteiger partial charge is 0.223 e. The van der Waals surface area contributed by atoms with E-state index in [2.05, 4.69) is 29.0 Å². The quantitative estimate of drug-likeness (QED) is 0.785. The van der Waals surface area contributed by atoms with E-state index in [4.69, 9.17) is 4.74 Å². The van der Waals surface area contributed by atoms with Crippen LogP contribution in [0.2, 0.25) is 0 Å². The summed E-state index contributed by atoms with van der Waals surface area (Å²) in [5, 5.41) is 3.31. The third-order valence-electron chi connectivity index (χ3n) is 5.55. The standard InChI is InChI=1S/C18H34N4O2/c1-15-12-20(13-16(2)24-15)14-17-4-3-8-21(17)9-5-18(23)22-10-6-19-7-11-22/h15-17,19H,3-14H2,1-2H3. The number of carbonyl (C=O) groups is 1. The summed E-state index contributed by atoms with van der Waals surface area (Å²) < 4.78 is 5.84. The minimum absolute atomic E-state index is 0.329. The van der Waals surface area contributed by atoms with Gasteiger partial charge in [0.15, 0.2) is 0 Å². The second-order valence-electron chi connectivity index (χ2n) is 7.69. The van der Waals surface area contributed by atoms with Crippen molar-refractivity contribution >= 4 is 5.91 Å². The van der Waals surface area contributed by atoms with E-state index < -0.39 is 0 Å². The van der Waals surface area contributed by atoms with Gasteiger partial charge in [0.25, 0.3) is 0 Å². The first-order valence-electron chi connectivity index (χ1n) is 9.72. The van der Waals surface area contributed by atoms with E-state index in [1.807, 2.05) is 4.90 Å². The van der Waals surface area contributed by atoms with Crippen LogP contribution < -0.4 is 5.32 Å². The van der Waals surface area contributed by atoms with Crippen molar-refractivity contribution in [1.29, 1.82) is 0 Å². The van der Waals surface area contributed by atoms with Gasteiger partial charge in [0.1, 0.15) is 0 Å². The minimum atomic E-state index is 0.329. The molecule has 0 aromatic heterocycles. The van der Waals surface area contributed by atoms with Crippen molar-refractivity contribution in [2.24, 2.45) is 0 Å². The van der Waals surface area contributed by atoms with Gasteiger partial charge in [-0.15, -0.1) is 0 Å². The van der Waals surface area contributed by atoms with Gasteiger partial charge in [-0.05, 0) is 33.2 Å². The van der Waals surface area contributed by atoms with Crippen molar-refractivity contribution in [2.45, 2.75) is 51.4 Å². The lowest BCUT2D eigenvalue weighted by molar-refractivity contribution is -0.132. The summed E-state index contributed by atoms with van der Waals surface area (Å²) in [6.45, 7) is 13.2. The molecule has 3 rings (SSSR count). The van der Waals surface area contributed by atoms with Crippen LogP contribution in [-0.2, 0) is 9.53 Å². The molecule has 0 radical (unpaired) electrons. The van der Waals surface area contributed by atoms with Crippen molar-refractivity contribution in [3.05, 3.63) is 0 Å². The summed E-state index contributed by atoms with van der Waals surface area (Å²) in [6, 6.07) is 0.610. The van der Waals surface area contributed by atoms with Crippen LogP contribution in [0.4, 0.5) is 0 Å². The molecule has 0 aromatic carbocycles. The molecule has 0 saturated carbocycles. The summed E-state index contributed by atoms with van der Waals surface area (Å²) in [5.74, 6) is 0.329. The number of likely N-dealkylation sites (tertiary alicyclic amines) is 1. The molecule has 0 aromatic rings. The molecule has 3 fully saturated rings. The predicted molar refractivity (Wildman–Crippen MR) is 95.1 cm³/mol. The van der Waals surface area contributed by atoms with Gasteiger partial charge in [-0.3, -0.25) is 14.6 Å². The molecule has 6 nitrogen and oxygen atoms in total. The Bertz CT molecular complexity index is 404. The molecular weight excluding hydrogens is 304 g/mol. The van der Waals surface area contributed by atoms with Gasteiger partial charge in [0.05, 0.1) is 12.2 Å². The second kappa shape index (κ2) is 8.61. The first-order chi connectivity index (χ1) is 11.6. The third kappa shape index (κ3) is 4.91. The zero-order valence-corrected chi connectivity index (χ0v) is 15.4. The summed E-state index contributed by atoms with van der Waals surface area (Å²) >= 11 is 0. The topological polar surface area (TPSA) is 48.0 Å². The number of amides is 1. The van der Waals surface area contributed by atoms with Crippen molar-refractivity contribution in [2.75, 3.05) is 58.9 Å². The fourth-order valence-electron chi connectivity index (χ4n) is 4.44. The van der Waals surface area contributed by atoms with E-state index in [0.29, 0.717) is 30.6 Å². The molecule has 3 saturated heterocycles. The average Bonchev–Trinajstić information content (AvgIpc) is 2.99. The highest BCUT2D eigenvalue weighted by atomic mass is 16.5. The van der Waals surface area contributed by atoms with Crippen molar-refractivity contribution < 1.29 is 9.53 Å². The Labute approximate surface area is 146 Å². The van der Waals surface area contributed by atoms with E-state index in [1.54, 1.807) is 0 Å². The Hall–Kier alpha value is -0.690. The zero-order valence-electron chi connectivity index (χ0n) is 15.4. The molecule has 0 spiro atoms. The van der Waals surface area contributed by atoms with Gasteiger partial charge >= 0.3 is 0 Å². The van der Waals surface area contributed by atoms with Crippen molar-refractivity contribution in [3.8, 4) is 0 Å². The Morgan fingerprint density at radius 2 is 1.83 bits per heavy atom. The van der Waals surface area contributed by atoms with Crippen LogP contribution in [0.3, 0.4) is 0 Å². The highest BCUT2D eigenvalue weighted by molar-refractivity contribution is 5.76. The van der Waals surface area contributed by atoms with E-state index >= 15 is 0 Å². The van der Waals surface area contributed by atoms with Crippen LogP contribution in [0.1, 0.15) is 33.1 Å². The molecule has 3 unspecified atom stereocenters. The van der Waals surface area contributed by atoms with Crippen LogP contribution in [0.5, 0.6) is 0 Å². The Balaban J connectivity index is 1.44. The molecule has 24 heavy (non-hydrogen) atoms. The number of hydrogen-bond acceptors (Lipinski definition) is 5. The Kier molecular flexibility index (Phi) is 6.49. The van der Waals surface area contributed by atoms with Gasteiger partial charge in [-0.25, -0.2) is 0 Å². The lowest BCUT2D eigenvalue weighted by Crippen LogP contribution is -2.50. The fourth-order valence-corrected chi connectivity index (χ4v) is 4.44. The zero-order chi connectivity index (χ0) is 16.9. The summed E-state index contributed by atoms with van der Waals surface area (Å²) in [7, 11) is 0. The van der Waals surface area contributed by atoms with Gasteiger partial charge < -0.3 is 15.0 Å². The van der Waals surface area contributed by atoms with Crippen LogP contribution in [0, 0.1) is 0 Å². The summed E-state index contributed by atoms with van der Waals surface area (Å²) in [6.07, 6.45) is 3.87. The highest BCUT2D eigenvalue weighted by Gasteiger charge is 2.30. The Morgan fingerprint density at radius 1 is 1.12 bits per heavy atom. The molecule has 138 valence electrons. The van der Waals surface area contributed by atoms with E-state index in [1.165, 1.54) is 12.8 Å². The first-order valence-corrected chi connectivity index (χ1v) is 9.72. The number of carbonyl (C=O) groups excluding carboxylic acids is 1. The molecule has 1 amide bonds. The fraction of sp³-hybridized carbons (Fsp3) is 0.944. The average molecular weight is 338 g/mol. The maximum atomic E-state index is 12.4. The van der Waals surface area contributed by atoms with Gasteiger partial charge in [0.2, 0.25) is 5.91 Å². The SMILES string of the molecule is CC1CN(CC2CCCN2CCC(=O)N2CCNCC2)CC(C)O1. The Morgan fingerprint density at radius 3 is 2.54 bits per heavy atom. The molecular formula is C18H34N4O2. The number of morpholine rings is 1. The van der Waals surface area contributed by atoms with Crippen LogP contribution in [0.25, 0.3) is 0 Å². The van der Waals surface area contributed by atoms with Gasteiger partial charge in [-0.1, -0.05) is 0 Å².